The highest BCUT2D eigenvalue weighted by molar-refractivity contribution is 5.94. The molecule has 12 N–H and O–H groups in total. The summed E-state index contributed by atoms with van der Waals surface area (Å²) in [5, 5.41) is 25.1. The van der Waals surface area contributed by atoms with Gasteiger partial charge in [-0.3, -0.25) is 14.4 Å². The fraction of sp³-hybridized carbons (Fsp3) is 0.727. The van der Waals surface area contributed by atoms with E-state index in [2.05, 4.69) is 20.8 Å². The van der Waals surface area contributed by atoms with Gasteiger partial charge in [0.05, 0.1) is 12.5 Å². The molecule has 0 aliphatic carbocycles. The standard InChI is InChI=1S/C22H41N7O9/c1-3-12(2)17(21(35)36)28-19(32)15(27-18(31)13(24)7-4-5-9-23)11-16(30)38-29-22(37)26-10-6-8-14(25)20(33)34/h12-15,17H,3-11,23-25H2,1-2H3,(H,27,31)(H,28,32)(H,33,34)(H,35,36)(H2,26,29,37)/t12-,13-,14-,15-,17-/m0/s1. The van der Waals surface area contributed by atoms with Crippen molar-refractivity contribution < 1.29 is 43.8 Å². The molecule has 4 amide bonds. The maximum atomic E-state index is 12.8. The molecule has 16 heteroatoms. The van der Waals surface area contributed by atoms with Crippen LogP contribution in [0.2, 0.25) is 0 Å². The lowest BCUT2D eigenvalue weighted by Gasteiger charge is -2.24. The van der Waals surface area contributed by atoms with E-state index in [1.54, 1.807) is 13.8 Å². The Morgan fingerprint density at radius 3 is 2.05 bits per heavy atom. The minimum atomic E-state index is -1.54. The average Bonchev–Trinajstić information content (AvgIpc) is 2.86. The number of hydrogen-bond acceptors (Lipinski definition) is 10. The van der Waals surface area contributed by atoms with Crippen molar-refractivity contribution >= 4 is 35.8 Å². The summed E-state index contributed by atoms with van der Waals surface area (Å²) >= 11 is 0. The molecule has 218 valence electrons. The van der Waals surface area contributed by atoms with E-state index in [9.17, 15) is 33.9 Å². The molecule has 0 spiro atoms. The minimum Gasteiger partial charge on any atom is -0.480 e. The Labute approximate surface area is 220 Å². The Kier molecular flexibility index (Phi) is 17.0. The third kappa shape index (κ3) is 14.3. The topological polar surface area (TPSA) is 278 Å². The number of carbonyl (C=O) groups is 6. The Hall–Kier alpha value is -3.50. The van der Waals surface area contributed by atoms with Crippen molar-refractivity contribution in [3.8, 4) is 0 Å². The molecule has 5 atom stereocenters. The predicted molar refractivity (Wildman–Crippen MR) is 134 cm³/mol. The second-order valence-corrected chi connectivity index (χ2v) is 8.79. The smallest absolute Gasteiger partial charge is 0.348 e. The van der Waals surface area contributed by atoms with E-state index < -0.39 is 72.3 Å². The third-order valence-corrected chi connectivity index (χ3v) is 5.64. The van der Waals surface area contributed by atoms with Crippen molar-refractivity contribution in [2.45, 2.75) is 83.0 Å². The van der Waals surface area contributed by atoms with Crippen LogP contribution < -0.4 is 38.6 Å². The summed E-state index contributed by atoms with van der Waals surface area (Å²) < 4.78 is 0. The first-order valence-electron chi connectivity index (χ1n) is 12.3. The second-order valence-electron chi connectivity index (χ2n) is 8.79. The van der Waals surface area contributed by atoms with Crippen molar-refractivity contribution in [3.05, 3.63) is 0 Å². The van der Waals surface area contributed by atoms with Gasteiger partial charge < -0.3 is 48.2 Å². The molecule has 0 saturated carbocycles. The van der Waals surface area contributed by atoms with E-state index in [1.807, 2.05) is 5.48 Å². The first-order valence-corrected chi connectivity index (χ1v) is 12.3. The largest absolute Gasteiger partial charge is 0.480 e. The number of rotatable bonds is 18. The van der Waals surface area contributed by atoms with Crippen LogP contribution in [0.15, 0.2) is 0 Å². The number of unbranched alkanes of at least 4 members (excludes halogenated alkanes) is 1. The molecule has 0 saturated heterocycles. The normalized spacial score (nSPS) is 14.7. The Balaban J connectivity index is 5.11. The maximum Gasteiger partial charge on any atom is 0.348 e. The van der Waals surface area contributed by atoms with Gasteiger partial charge in [0.25, 0.3) is 0 Å². The van der Waals surface area contributed by atoms with Crippen LogP contribution in [0.1, 0.15) is 58.8 Å². The van der Waals surface area contributed by atoms with Crippen molar-refractivity contribution in [3.63, 3.8) is 0 Å². The third-order valence-electron chi connectivity index (χ3n) is 5.64. The highest BCUT2D eigenvalue weighted by atomic mass is 16.7. The van der Waals surface area contributed by atoms with Crippen LogP contribution in [0.4, 0.5) is 4.79 Å². The zero-order valence-electron chi connectivity index (χ0n) is 21.7. The number of urea groups is 1. The number of nitrogens with one attached hydrogen (secondary N) is 4. The van der Waals surface area contributed by atoms with E-state index in [0.29, 0.717) is 25.8 Å². The minimum absolute atomic E-state index is 0.0414. The predicted octanol–water partition coefficient (Wildman–Crippen LogP) is -2.12. The quantitative estimate of drug-likeness (QED) is 0.0658. The van der Waals surface area contributed by atoms with Gasteiger partial charge in [-0.25, -0.2) is 14.4 Å². The molecular formula is C22H41N7O9. The monoisotopic (exact) mass is 547 g/mol. The van der Waals surface area contributed by atoms with Crippen molar-refractivity contribution in [2.24, 2.45) is 23.1 Å². The molecular weight excluding hydrogens is 506 g/mol. The van der Waals surface area contributed by atoms with Crippen LogP contribution in [0.5, 0.6) is 0 Å². The van der Waals surface area contributed by atoms with Crippen LogP contribution in [0.3, 0.4) is 0 Å². The van der Waals surface area contributed by atoms with Gasteiger partial charge in [-0.1, -0.05) is 26.7 Å². The summed E-state index contributed by atoms with van der Waals surface area (Å²) in [6.07, 6.45) is 1.50. The SMILES string of the molecule is CC[C@H](C)[C@H](NC(=O)[C@H](CC(=O)ONC(=O)NCCC[C@H](N)C(=O)O)NC(=O)[C@@H](N)CCCCN)C(=O)O. The second kappa shape index (κ2) is 18.7. The van der Waals surface area contributed by atoms with Crippen molar-refractivity contribution in [1.29, 1.82) is 0 Å². The lowest BCUT2D eigenvalue weighted by molar-refractivity contribution is -0.151. The van der Waals surface area contributed by atoms with E-state index >= 15 is 0 Å². The van der Waals surface area contributed by atoms with Gasteiger partial charge in [0.1, 0.15) is 18.1 Å². The van der Waals surface area contributed by atoms with Gasteiger partial charge in [-0.05, 0) is 38.1 Å². The zero-order valence-corrected chi connectivity index (χ0v) is 21.7. The van der Waals surface area contributed by atoms with Gasteiger partial charge in [-0.15, -0.1) is 0 Å². The number of aliphatic carboxylic acids is 2. The summed E-state index contributed by atoms with van der Waals surface area (Å²) in [5.74, 6) is -5.72. The van der Waals surface area contributed by atoms with E-state index in [1.165, 1.54) is 0 Å². The molecule has 0 rings (SSSR count). The maximum absolute atomic E-state index is 12.8. The number of amides is 4. The first-order chi connectivity index (χ1) is 17.8. The number of carbonyl (C=O) groups excluding carboxylic acids is 4. The number of carboxylic acid groups (broad SMARTS) is 2. The molecule has 0 aromatic heterocycles. The fourth-order valence-electron chi connectivity index (χ4n) is 3.06. The van der Waals surface area contributed by atoms with E-state index in [0.717, 1.165) is 0 Å². The molecule has 0 unspecified atom stereocenters. The lowest BCUT2D eigenvalue weighted by Crippen LogP contribution is -2.56. The van der Waals surface area contributed by atoms with E-state index in [-0.39, 0.29) is 25.8 Å². The van der Waals surface area contributed by atoms with Gasteiger partial charge in [-0.2, -0.15) is 5.48 Å². The molecule has 0 aliphatic rings. The summed E-state index contributed by atoms with van der Waals surface area (Å²) in [5.41, 5.74) is 18.4. The summed E-state index contributed by atoms with van der Waals surface area (Å²) in [6.45, 7) is 3.81. The van der Waals surface area contributed by atoms with Gasteiger partial charge in [0.15, 0.2) is 0 Å². The number of carboxylic acids is 2. The van der Waals surface area contributed by atoms with Crippen LogP contribution in [0.25, 0.3) is 0 Å². The summed E-state index contributed by atoms with van der Waals surface area (Å²) in [6, 6.07) is -5.82. The number of hydroxylamine groups is 1. The van der Waals surface area contributed by atoms with Crippen LogP contribution >= 0.6 is 0 Å². The molecule has 0 aromatic carbocycles. The Morgan fingerprint density at radius 1 is 0.868 bits per heavy atom. The van der Waals surface area contributed by atoms with Crippen molar-refractivity contribution in [1.82, 2.24) is 21.4 Å². The summed E-state index contributed by atoms with van der Waals surface area (Å²) in [4.78, 5) is 76.3. The average molecular weight is 548 g/mol. The zero-order chi connectivity index (χ0) is 29.3. The molecule has 38 heavy (non-hydrogen) atoms. The molecule has 0 fully saturated rings. The fourth-order valence-corrected chi connectivity index (χ4v) is 3.06. The molecule has 0 aromatic rings. The Morgan fingerprint density at radius 2 is 1.50 bits per heavy atom. The van der Waals surface area contributed by atoms with Crippen LogP contribution in [0, 0.1) is 5.92 Å². The molecule has 0 aliphatic heterocycles. The summed E-state index contributed by atoms with van der Waals surface area (Å²) in [7, 11) is 0. The molecule has 0 heterocycles. The van der Waals surface area contributed by atoms with Gasteiger partial charge in [0.2, 0.25) is 11.8 Å². The van der Waals surface area contributed by atoms with Gasteiger partial charge in [0, 0.05) is 6.54 Å². The Bertz CT molecular complexity index is 812. The number of nitrogens with two attached hydrogens (primary N) is 3. The highest BCUT2D eigenvalue weighted by Crippen LogP contribution is 2.09. The van der Waals surface area contributed by atoms with Gasteiger partial charge >= 0.3 is 23.9 Å². The van der Waals surface area contributed by atoms with Crippen LogP contribution in [-0.4, -0.2) is 83.2 Å². The first kappa shape index (κ1) is 34.5. The van der Waals surface area contributed by atoms with Crippen LogP contribution in [-0.2, 0) is 28.8 Å². The van der Waals surface area contributed by atoms with E-state index in [4.69, 9.17) is 22.3 Å². The molecule has 0 bridgehead atoms. The number of hydrogen-bond donors (Lipinski definition) is 9. The highest BCUT2D eigenvalue weighted by Gasteiger charge is 2.32. The molecule has 0 radical (unpaired) electrons. The molecule has 16 nitrogen and oxygen atoms in total. The van der Waals surface area contributed by atoms with Crippen molar-refractivity contribution in [2.75, 3.05) is 13.1 Å². The lowest BCUT2D eigenvalue weighted by atomic mass is 9.98.